The first-order valence-electron chi connectivity index (χ1n) is 44.1. The molecule has 0 aliphatic rings. The van der Waals surface area contributed by atoms with E-state index in [2.05, 4.69) is 493 Å². The summed E-state index contributed by atoms with van der Waals surface area (Å²) < 4.78 is 9.61. The van der Waals surface area contributed by atoms with Crippen LogP contribution in [0.3, 0.4) is 0 Å². The van der Waals surface area contributed by atoms with Crippen molar-refractivity contribution in [1.82, 2.24) is 28.2 Å². The van der Waals surface area contributed by atoms with E-state index >= 15 is 0 Å². The van der Waals surface area contributed by atoms with E-state index in [1.807, 2.05) is 12.1 Å². The van der Waals surface area contributed by atoms with Crippen molar-refractivity contribution < 1.29 is 0 Å². The van der Waals surface area contributed by atoms with Crippen LogP contribution in [0.25, 0.3) is 222 Å². The van der Waals surface area contributed by atoms with E-state index in [-0.39, 0.29) is 0 Å². The molecule has 6 heterocycles. The highest BCUT2D eigenvalue weighted by Crippen LogP contribution is 2.44. The molecule has 0 bridgehead atoms. The molecule has 6 nitrogen and oxygen atoms in total. The van der Waals surface area contributed by atoms with E-state index < -0.39 is 8.07 Å². The Bertz CT molecular complexity index is 8200. The number of nitrogens with zero attached hydrogens (tertiary/aromatic N) is 6. The first-order valence-corrected chi connectivity index (χ1v) is 47.6. The van der Waals surface area contributed by atoms with E-state index in [0.29, 0.717) is 0 Å². The normalized spacial score (nSPS) is 11.7. The minimum atomic E-state index is -1.40. The zero-order valence-electron chi connectivity index (χ0n) is 71.1. The zero-order valence-corrected chi connectivity index (χ0v) is 72.1. The highest BCUT2D eigenvalue weighted by Gasteiger charge is 2.23. The van der Waals surface area contributed by atoms with Gasteiger partial charge in [0.15, 0.2) is 0 Å². The molecule has 7 heteroatoms. The fourth-order valence-electron chi connectivity index (χ4n) is 19.1. The van der Waals surface area contributed by atoms with Crippen LogP contribution < -0.4 is 5.19 Å². The molecule has 0 radical (unpaired) electrons. The molecule has 0 saturated carbocycles. The van der Waals surface area contributed by atoms with E-state index in [4.69, 9.17) is 9.97 Å². The largest absolute Gasteiger partial charge is 0.309 e. The van der Waals surface area contributed by atoms with E-state index in [9.17, 15) is 0 Å². The molecule has 0 aliphatic carbocycles. The van der Waals surface area contributed by atoms with Crippen molar-refractivity contribution in [3.05, 3.63) is 467 Å². The van der Waals surface area contributed by atoms with Crippen LogP contribution >= 0.6 is 0 Å². The van der Waals surface area contributed by atoms with Gasteiger partial charge in [0.1, 0.15) is 0 Å². The van der Waals surface area contributed by atoms with Crippen LogP contribution in [-0.4, -0.2) is 36.3 Å². The molecule has 0 saturated heterocycles. The van der Waals surface area contributed by atoms with Crippen molar-refractivity contribution in [2.45, 2.75) is 19.6 Å². The summed E-state index contributed by atoms with van der Waals surface area (Å²) >= 11 is 0. The van der Waals surface area contributed by atoms with Crippen molar-refractivity contribution in [2.24, 2.45) is 0 Å². The summed E-state index contributed by atoms with van der Waals surface area (Å²) in [6.45, 7) is 7.22. The van der Waals surface area contributed by atoms with Crippen LogP contribution in [0.4, 0.5) is 0 Å². The quantitative estimate of drug-likeness (QED) is 0.0960. The Morgan fingerprint density at radius 2 is 0.336 bits per heavy atom. The predicted octanol–water partition coefficient (Wildman–Crippen LogP) is 31.8. The van der Waals surface area contributed by atoms with Crippen LogP contribution in [0.2, 0.25) is 19.6 Å². The van der Waals surface area contributed by atoms with Crippen LogP contribution in [0.15, 0.2) is 467 Å². The van der Waals surface area contributed by atoms with Gasteiger partial charge in [0.25, 0.3) is 0 Å². The second-order valence-electron chi connectivity index (χ2n) is 34.4. The number of hydrogen-bond acceptors (Lipinski definition) is 2. The van der Waals surface area contributed by atoms with Crippen molar-refractivity contribution in [1.29, 1.82) is 0 Å². The fourth-order valence-corrected chi connectivity index (χ4v) is 20.3. The topological polar surface area (TPSA) is 45.5 Å². The highest BCUT2D eigenvalue weighted by atomic mass is 28.3. The Morgan fingerprint density at radius 3 is 0.602 bits per heavy atom. The fraction of sp³-hybridized carbons (Fsp3) is 0.0248. The Morgan fingerprint density at radius 1 is 0.148 bits per heavy atom. The molecule has 0 amide bonds. The van der Waals surface area contributed by atoms with Gasteiger partial charge in [-0.1, -0.05) is 346 Å². The van der Waals surface area contributed by atoms with Crippen LogP contribution in [-0.2, 0) is 0 Å². The molecule has 0 atom stereocenters. The van der Waals surface area contributed by atoms with Gasteiger partial charge in [-0.3, -0.25) is 0 Å². The van der Waals surface area contributed by atoms with E-state index in [1.165, 1.54) is 154 Å². The Balaban J connectivity index is 0.000000148. The number of pyridine rings is 2. The maximum Gasteiger partial charge on any atom is 0.0775 e. The SMILES string of the molecule is C[Si](C)(C)c1ccc(-n2c3ccccc3c3cc(-c4ccc5c(c4)c4ccccc4n5-c4ccc(-c5cc(-c6ccccc6)cc(-c6ccccc6)n5)cc4)ccc32)cc1.c1ccc(-c2ccc(-c3ccc(-n4c5ccccc5c5cc(-c6ccc7c(c6)c6ccccc6n7-c6ccc(-c7cc(-c8ccccc8)cc(-c8ccccc8)n7)cc6)ccc54)cc3)cc2)cc1. The molecule has 0 N–H and O–H groups in total. The molecular formula is C121H86N6Si. The number of fused-ring (bicyclic) bond motifs is 12. The van der Waals surface area contributed by atoms with Gasteiger partial charge in [-0.15, -0.1) is 0 Å². The molecule has 128 heavy (non-hydrogen) atoms. The van der Waals surface area contributed by atoms with E-state index in [1.54, 1.807) is 0 Å². The van der Waals surface area contributed by atoms with Crippen LogP contribution in [0, 0.1) is 0 Å². The summed E-state index contributed by atoms with van der Waals surface area (Å²) in [7, 11) is -1.40. The van der Waals surface area contributed by atoms with Gasteiger partial charge in [0.05, 0.1) is 75.0 Å². The predicted molar refractivity (Wildman–Crippen MR) is 543 cm³/mol. The summed E-state index contributed by atoms with van der Waals surface area (Å²) in [6.07, 6.45) is 0. The van der Waals surface area contributed by atoms with Crippen molar-refractivity contribution >= 4 is 100 Å². The Kier molecular flexibility index (Phi) is 19.2. The summed E-state index contributed by atoms with van der Waals surface area (Å²) in [5.41, 5.74) is 36.6. The lowest BCUT2D eigenvalue weighted by Gasteiger charge is -2.17. The number of aromatic nitrogens is 6. The maximum absolute atomic E-state index is 5.20. The average Bonchev–Trinajstić information content (AvgIpc) is 1.59. The van der Waals surface area contributed by atoms with Gasteiger partial charge in [0.2, 0.25) is 0 Å². The van der Waals surface area contributed by atoms with Gasteiger partial charge in [-0.05, 0) is 212 Å². The molecule has 0 aliphatic heterocycles. The third-order valence-electron chi connectivity index (χ3n) is 25.6. The number of para-hydroxylation sites is 4. The molecule has 24 rings (SSSR count). The minimum Gasteiger partial charge on any atom is -0.309 e. The minimum absolute atomic E-state index is 0.947. The Labute approximate surface area is 744 Å². The number of benzene rings is 18. The summed E-state index contributed by atoms with van der Waals surface area (Å²) in [4.78, 5) is 10.4. The molecule has 6 aromatic heterocycles. The van der Waals surface area contributed by atoms with Crippen molar-refractivity contribution in [2.75, 3.05) is 0 Å². The number of hydrogen-bond donors (Lipinski definition) is 0. The third-order valence-corrected chi connectivity index (χ3v) is 27.7. The van der Waals surface area contributed by atoms with Gasteiger partial charge >= 0.3 is 0 Å². The summed E-state index contributed by atoms with van der Waals surface area (Å²) in [5, 5.41) is 11.4. The molecule has 18 aromatic carbocycles. The van der Waals surface area contributed by atoms with Gasteiger partial charge < -0.3 is 18.3 Å². The molecule has 0 unspecified atom stereocenters. The smallest absolute Gasteiger partial charge is 0.0775 e. The lowest BCUT2D eigenvalue weighted by atomic mass is 10.00. The first-order chi connectivity index (χ1) is 63.1. The second kappa shape index (κ2) is 32.1. The number of rotatable bonds is 15. The van der Waals surface area contributed by atoms with Gasteiger partial charge in [0, 0.05) is 88.1 Å². The average molecular weight is 1650 g/mol. The summed E-state index contributed by atoms with van der Waals surface area (Å²) in [6, 6.07) is 169. The van der Waals surface area contributed by atoms with E-state index in [0.717, 1.165) is 73.2 Å². The molecule has 0 fully saturated rings. The summed E-state index contributed by atoms with van der Waals surface area (Å²) in [5.74, 6) is 0. The third kappa shape index (κ3) is 14.0. The first kappa shape index (κ1) is 76.6. The zero-order chi connectivity index (χ0) is 85.3. The second-order valence-corrected chi connectivity index (χ2v) is 39.5. The van der Waals surface area contributed by atoms with Gasteiger partial charge in [-0.25, -0.2) is 9.97 Å². The maximum atomic E-state index is 5.20. The Hall–Kier alpha value is -16.3. The van der Waals surface area contributed by atoms with Crippen LogP contribution in [0.5, 0.6) is 0 Å². The molecular weight excluding hydrogens is 1570 g/mol. The molecule has 0 spiro atoms. The van der Waals surface area contributed by atoms with Gasteiger partial charge in [-0.2, -0.15) is 0 Å². The molecule has 24 aromatic rings. The van der Waals surface area contributed by atoms with Crippen molar-refractivity contribution in [3.8, 4) is 135 Å². The monoisotopic (exact) mass is 1650 g/mol. The standard InChI is InChI=1S/C65H43N3.C56H43N3Si/c1-4-14-44(15-5-1)46-24-26-47(27-25-46)48-28-34-54(35-29-48)67-62-22-12-10-20-56(62)58-40-51(32-38-64(58)67)52-33-39-65-59(41-52)57-21-11-13-23-63(57)68(65)55-36-30-50(31-37-55)61-43-53(45-16-6-2-7-17-45)42-60(66-61)49-18-8-3-9-19-49;1-60(2,3)46-30-28-45(29-31-46)59-54-21-13-11-19-48(54)50-35-42(25-33-56(50)59)41-24-32-55-49(34-41)47-18-10-12-20-53(47)58(55)44-26-22-40(23-27-44)52-37-43(38-14-6-4-7-15-38)36-51(57-52)39-16-8-5-9-17-39/h1-43H;4-37H,1-3H3. The highest BCUT2D eigenvalue weighted by molar-refractivity contribution is 6.88. The van der Waals surface area contributed by atoms with Crippen LogP contribution in [0.1, 0.15) is 0 Å². The lowest BCUT2D eigenvalue weighted by Crippen LogP contribution is -2.37. The molecule has 604 valence electrons. The van der Waals surface area contributed by atoms with Crippen molar-refractivity contribution in [3.63, 3.8) is 0 Å². The lowest BCUT2D eigenvalue weighted by molar-refractivity contribution is 1.18.